The van der Waals surface area contributed by atoms with Crippen LogP contribution in [0.3, 0.4) is 0 Å². The Morgan fingerprint density at radius 3 is 2.36 bits per heavy atom. The highest BCUT2D eigenvalue weighted by Gasteiger charge is 2.11. The molecule has 1 heterocycles. The van der Waals surface area contributed by atoms with E-state index in [1.807, 2.05) is 42.5 Å². The van der Waals surface area contributed by atoms with Crippen molar-refractivity contribution < 1.29 is 9.59 Å². The van der Waals surface area contributed by atoms with Gasteiger partial charge in [0, 0.05) is 5.56 Å². The molecule has 3 aromatic rings. The Morgan fingerprint density at radius 2 is 1.68 bits per heavy atom. The zero-order valence-electron chi connectivity index (χ0n) is 13.7. The first-order valence-corrected chi connectivity index (χ1v) is 7.81. The summed E-state index contributed by atoms with van der Waals surface area (Å²) < 4.78 is 1.38. The molecule has 0 fully saturated rings. The van der Waals surface area contributed by atoms with Gasteiger partial charge in [-0.2, -0.15) is 0 Å². The molecule has 0 aliphatic rings. The third-order valence-electron chi connectivity index (χ3n) is 3.64. The molecule has 1 aromatic heterocycles. The number of amides is 1. The first-order valence-electron chi connectivity index (χ1n) is 7.81. The van der Waals surface area contributed by atoms with Crippen LogP contribution in [-0.2, 0) is 17.9 Å². The number of rotatable bonds is 6. The molecule has 1 amide bonds. The lowest BCUT2D eigenvalue weighted by molar-refractivity contribution is -0.117. The van der Waals surface area contributed by atoms with E-state index in [1.54, 1.807) is 12.1 Å². The van der Waals surface area contributed by atoms with E-state index in [4.69, 9.17) is 0 Å². The summed E-state index contributed by atoms with van der Waals surface area (Å²) in [6, 6.07) is 17.3. The molecule has 2 aromatic carbocycles. The van der Waals surface area contributed by atoms with Crippen LogP contribution in [0.25, 0.3) is 11.1 Å². The first kappa shape index (κ1) is 16.5. The summed E-state index contributed by atoms with van der Waals surface area (Å²) in [5, 5.41) is 13.9. The van der Waals surface area contributed by atoms with E-state index in [0.717, 1.165) is 11.1 Å². The number of nitrogens with one attached hydrogen (secondary N) is 1. The fraction of sp³-hybridized carbons (Fsp3) is 0.167. The van der Waals surface area contributed by atoms with Crippen LogP contribution in [0.1, 0.15) is 23.1 Å². The second-order valence-corrected chi connectivity index (χ2v) is 5.58. The molecule has 7 heteroatoms. The molecule has 25 heavy (non-hydrogen) atoms. The number of carbonyl (C=O) groups is 2. The lowest BCUT2D eigenvalue weighted by Crippen LogP contribution is -2.25. The molecular formula is C18H17N5O2. The van der Waals surface area contributed by atoms with Crippen molar-refractivity contribution in [3.05, 3.63) is 66.0 Å². The third kappa shape index (κ3) is 4.14. The number of ketones is 1. The van der Waals surface area contributed by atoms with Gasteiger partial charge in [0.05, 0.1) is 6.54 Å². The number of benzene rings is 2. The van der Waals surface area contributed by atoms with Crippen molar-refractivity contribution in [1.29, 1.82) is 0 Å². The van der Waals surface area contributed by atoms with Crippen LogP contribution >= 0.6 is 0 Å². The lowest BCUT2D eigenvalue weighted by atomic mass is 10.0. The number of aromatic nitrogens is 4. The molecule has 0 aliphatic carbocycles. The number of nitrogens with zero attached hydrogens (tertiary/aromatic N) is 4. The minimum absolute atomic E-state index is 0.0589. The quantitative estimate of drug-likeness (QED) is 0.742. The molecule has 0 saturated carbocycles. The molecule has 1 N–H and O–H groups in total. The highest BCUT2D eigenvalue weighted by molar-refractivity contribution is 5.94. The maximum Gasteiger partial charge on any atom is 0.251 e. The molecular weight excluding hydrogens is 318 g/mol. The molecule has 0 saturated heterocycles. The largest absolute Gasteiger partial charge is 0.345 e. The summed E-state index contributed by atoms with van der Waals surface area (Å²) >= 11 is 0. The zero-order valence-corrected chi connectivity index (χ0v) is 13.7. The van der Waals surface area contributed by atoms with Crippen molar-refractivity contribution in [2.24, 2.45) is 0 Å². The zero-order chi connectivity index (χ0) is 17.6. The summed E-state index contributed by atoms with van der Waals surface area (Å²) in [6.45, 7) is 1.70. The number of hydrogen-bond donors (Lipinski definition) is 1. The standard InChI is InChI=1S/C18H17N5O2/c1-13(24)12-23-17(20-21-22-23)11-19-18(25)16-9-7-15(8-10-16)14-5-3-2-4-6-14/h2-10H,11-12H2,1H3,(H,19,25). The van der Waals surface area contributed by atoms with E-state index >= 15 is 0 Å². The van der Waals surface area contributed by atoms with E-state index in [2.05, 4.69) is 20.8 Å². The van der Waals surface area contributed by atoms with E-state index in [9.17, 15) is 9.59 Å². The van der Waals surface area contributed by atoms with Crippen molar-refractivity contribution in [1.82, 2.24) is 25.5 Å². The van der Waals surface area contributed by atoms with Crippen LogP contribution in [0.4, 0.5) is 0 Å². The predicted molar refractivity (Wildman–Crippen MR) is 91.5 cm³/mol. The Morgan fingerprint density at radius 1 is 1.00 bits per heavy atom. The van der Waals surface area contributed by atoms with Gasteiger partial charge in [0.1, 0.15) is 6.54 Å². The van der Waals surface area contributed by atoms with E-state index in [0.29, 0.717) is 11.4 Å². The Balaban J connectivity index is 1.64. The van der Waals surface area contributed by atoms with Crippen molar-refractivity contribution >= 4 is 11.7 Å². The average molecular weight is 335 g/mol. The number of Topliss-reactive ketones (excluding diaryl/α,β-unsaturated/α-hetero) is 1. The number of carbonyl (C=O) groups excluding carboxylic acids is 2. The molecule has 7 nitrogen and oxygen atoms in total. The van der Waals surface area contributed by atoms with Crippen LogP contribution in [0.5, 0.6) is 0 Å². The Labute approximate surface area is 144 Å². The second-order valence-electron chi connectivity index (χ2n) is 5.58. The topological polar surface area (TPSA) is 89.8 Å². The molecule has 0 radical (unpaired) electrons. The minimum atomic E-state index is -0.225. The van der Waals surface area contributed by atoms with Gasteiger partial charge in [-0.25, -0.2) is 4.68 Å². The SMILES string of the molecule is CC(=O)Cn1nnnc1CNC(=O)c1ccc(-c2ccccc2)cc1. The number of hydrogen-bond acceptors (Lipinski definition) is 5. The lowest BCUT2D eigenvalue weighted by Gasteiger charge is -2.07. The molecule has 126 valence electrons. The van der Waals surface area contributed by atoms with Gasteiger partial charge in [0.25, 0.3) is 5.91 Å². The smallest absolute Gasteiger partial charge is 0.251 e. The Hall–Kier alpha value is -3.35. The predicted octanol–water partition coefficient (Wildman–Crippen LogP) is 1.86. The van der Waals surface area contributed by atoms with Gasteiger partial charge in [0.2, 0.25) is 0 Å². The summed E-state index contributed by atoms with van der Waals surface area (Å²) in [4.78, 5) is 23.4. The summed E-state index contributed by atoms with van der Waals surface area (Å²) in [6.07, 6.45) is 0. The highest BCUT2D eigenvalue weighted by atomic mass is 16.1. The van der Waals surface area contributed by atoms with Gasteiger partial charge in [-0.3, -0.25) is 9.59 Å². The molecule has 0 aliphatic heterocycles. The normalized spacial score (nSPS) is 10.4. The van der Waals surface area contributed by atoms with Crippen molar-refractivity contribution in [3.8, 4) is 11.1 Å². The molecule has 3 rings (SSSR count). The Bertz CT molecular complexity index is 872. The van der Waals surface area contributed by atoms with Crippen LogP contribution in [-0.4, -0.2) is 31.9 Å². The molecule has 0 spiro atoms. The van der Waals surface area contributed by atoms with Gasteiger partial charge in [-0.15, -0.1) is 5.10 Å². The fourth-order valence-corrected chi connectivity index (χ4v) is 2.39. The summed E-state index contributed by atoms with van der Waals surface area (Å²) in [7, 11) is 0. The van der Waals surface area contributed by atoms with E-state index in [-0.39, 0.29) is 24.8 Å². The van der Waals surface area contributed by atoms with Crippen LogP contribution in [0.15, 0.2) is 54.6 Å². The Kier molecular flexibility index (Phi) is 4.94. The maximum atomic E-state index is 12.3. The number of tetrazole rings is 1. The van der Waals surface area contributed by atoms with E-state index < -0.39 is 0 Å². The van der Waals surface area contributed by atoms with Gasteiger partial charge in [-0.05, 0) is 40.6 Å². The fourth-order valence-electron chi connectivity index (χ4n) is 2.39. The van der Waals surface area contributed by atoms with Crippen molar-refractivity contribution in [2.75, 3.05) is 0 Å². The summed E-state index contributed by atoms with van der Waals surface area (Å²) in [5.74, 6) is 0.151. The van der Waals surface area contributed by atoms with Gasteiger partial charge >= 0.3 is 0 Å². The minimum Gasteiger partial charge on any atom is -0.345 e. The maximum absolute atomic E-state index is 12.3. The average Bonchev–Trinajstić information content (AvgIpc) is 3.07. The summed E-state index contributed by atoms with van der Waals surface area (Å²) in [5.41, 5.74) is 2.69. The highest BCUT2D eigenvalue weighted by Crippen LogP contribution is 2.19. The molecule has 0 bridgehead atoms. The van der Waals surface area contributed by atoms with Crippen LogP contribution in [0.2, 0.25) is 0 Å². The van der Waals surface area contributed by atoms with Crippen LogP contribution in [0, 0.1) is 0 Å². The van der Waals surface area contributed by atoms with Gasteiger partial charge in [-0.1, -0.05) is 42.5 Å². The third-order valence-corrected chi connectivity index (χ3v) is 3.64. The van der Waals surface area contributed by atoms with Crippen molar-refractivity contribution in [3.63, 3.8) is 0 Å². The van der Waals surface area contributed by atoms with Gasteiger partial charge in [0.15, 0.2) is 11.6 Å². The van der Waals surface area contributed by atoms with Gasteiger partial charge < -0.3 is 5.32 Å². The second kappa shape index (κ2) is 7.48. The molecule has 0 atom stereocenters. The van der Waals surface area contributed by atoms with E-state index in [1.165, 1.54) is 11.6 Å². The molecule has 0 unspecified atom stereocenters. The van der Waals surface area contributed by atoms with Crippen LogP contribution < -0.4 is 5.32 Å². The van der Waals surface area contributed by atoms with Crippen molar-refractivity contribution in [2.45, 2.75) is 20.0 Å². The first-order chi connectivity index (χ1) is 12.1. The monoisotopic (exact) mass is 335 g/mol.